The number of carbonyl (C=O) groups is 1. The molecule has 1 aliphatic rings. The average Bonchev–Trinajstić information content (AvgIpc) is 3.05. The summed E-state index contributed by atoms with van der Waals surface area (Å²) in [7, 11) is 0. The summed E-state index contributed by atoms with van der Waals surface area (Å²) in [5.74, 6) is 0.446. The Balaban J connectivity index is 1.79. The number of rotatable bonds is 5. The van der Waals surface area contributed by atoms with Crippen LogP contribution in [0.15, 0.2) is 23.0 Å². The first-order valence-corrected chi connectivity index (χ1v) is 8.10. The summed E-state index contributed by atoms with van der Waals surface area (Å²) >= 11 is 0. The van der Waals surface area contributed by atoms with Crippen molar-refractivity contribution < 1.29 is 13.9 Å². The second-order valence-corrected chi connectivity index (χ2v) is 7.13. The quantitative estimate of drug-likeness (QED) is 0.872. The molecule has 0 spiro atoms. The average molecular weight is 308 g/mol. The van der Waals surface area contributed by atoms with Crippen molar-refractivity contribution in [3.63, 3.8) is 0 Å². The largest absolute Gasteiger partial charge is 0.472 e. The van der Waals surface area contributed by atoms with Gasteiger partial charge in [-0.2, -0.15) is 0 Å². The minimum atomic E-state index is -0.451. The van der Waals surface area contributed by atoms with E-state index in [1.54, 1.807) is 12.5 Å². The molecule has 0 bridgehead atoms. The van der Waals surface area contributed by atoms with Crippen LogP contribution in [-0.4, -0.2) is 24.3 Å². The molecule has 124 valence electrons. The molecule has 1 fully saturated rings. The molecule has 3 unspecified atom stereocenters. The van der Waals surface area contributed by atoms with Gasteiger partial charge in [0.25, 0.3) is 0 Å². The first kappa shape index (κ1) is 16.9. The molecule has 1 aliphatic carbocycles. The third-order valence-corrected chi connectivity index (χ3v) is 4.07. The first-order chi connectivity index (χ1) is 10.3. The monoisotopic (exact) mass is 308 g/mol. The van der Waals surface area contributed by atoms with Crippen molar-refractivity contribution in [1.82, 2.24) is 10.6 Å². The van der Waals surface area contributed by atoms with Gasteiger partial charge in [-0.05, 0) is 52.5 Å². The third kappa shape index (κ3) is 5.05. The lowest BCUT2D eigenvalue weighted by atomic mass is 10.0. The van der Waals surface area contributed by atoms with Gasteiger partial charge in [0.1, 0.15) is 5.60 Å². The van der Waals surface area contributed by atoms with Crippen molar-refractivity contribution in [1.29, 1.82) is 0 Å². The topological polar surface area (TPSA) is 63.5 Å². The van der Waals surface area contributed by atoms with Gasteiger partial charge in [0.15, 0.2) is 0 Å². The molecule has 5 nitrogen and oxygen atoms in total. The smallest absolute Gasteiger partial charge is 0.407 e. The van der Waals surface area contributed by atoms with Crippen LogP contribution in [-0.2, 0) is 4.74 Å². The summed E-state index contributed by atoms with van der Waals surface area (Å²) in [6.07, 6.45) is 6.61. The number of hydrogen-bond acceptors (Lipinski definition) is 4. The molecule has 3 atom stereocenters. The Labute approximate surface area is 132 Å². The summed E-state index contributed by atoms with van der Waals surface area (Å²) < 4.78 is 10.4. The summed E-state index contributed by atoms with van der Waals surface area (Å²) in [6.45, 7) is 8.42. The van der Waals surface area contributed by atoms with E-state index in [1.165, 1.54) is 6.42 Å². The van der Waals surface area contributed by atoms with E-state index < -0.39 is 5.60 Å². The predicted octanol–water partition coefficient (Wildman–Crippen LogP) is 3.62. The first-order valence-electron chi connectivity index (χ1n) is 8.10. The van der Waals surface area contributed by atoms with Gasteiger partial charge in [-0.3, -0.25) is 0 Å². The molecule has 1 saturated carbocycles. The van der Waals surface area contributed by atoms with Crippen LogP contribution in [0.5, 0.6) is 0 Å². The fourth-order valence-corrected chi connectivity index (χ4v) is 2.97. The molecule has 0 aliphatic heterocycles. The molecule has 5 heteroatoms. The molecule has 0 aromatic carbocycles. The van der Waals surface area contributed by atoms with Crippen LogP contribution in [0, 0.1) is 5.92 Å². The van der Waals surface area contributed by atoms with Crippen molar-refractivity contribution in [3.8, 4) is 0 Å². The highest BCUT2D eigenvalue weighted by molar-refractivity contribution is 5.67. The van der Waals surface area contributed by atoms with Gasteiger partial charge in [0.2, 0.25) is 0 Å². The lowest BCUT2D eigenvalue weighted by Crippen LogP contribution is -2.41. The molecule has 1 amide bonds. The fourth-order valence-electron chi connectivity index (χ4n) is 2.97. The van der Waals surface area contributed by atoms with Crippen LogP contribution in [0.2, 0.25) is 0 Å². The zero-order valence-corrected chi connectivity index (χ0v) is 14.0. The van der Waals surface area contributed by atoms with Gasteiger partial charge in [-0.25, -0.2) is 4.79 Å². The number of nitrogens with one attached hydrogen (secondary N) is 2. The van der Waals surface area contributed by atoms with Crippen molar-refractivity contribution in [2.75, 3.05) is 6.54 Å². The van der Waals surface area contributed by atoms with Gasteiger partial charge in [0.05, 0.1) is 12.5 Å². The minimum Gasteiger partial charge on any atom is -0.472 e. The fraction of sp³-hybridized carbons (Fsp3) is 0.706. The van der Waals surface area contributed by atoms with Gasteiger partial charge in [-0.15, -0.1) is 0 Å². The van der Waals surface area contributed by atoms with E-state index in [2.05, 4.69) is 17.6 Å². The van der Waals surface area contributed by atoms with Crippen LogP contribution < -0.4 is 10.6 Å². The Morgan fingerprint density at radius 2 is 2.23 bits per heavy atom. The highest BCUT2D eigenvalue weighted by Crippen LogP contribution is 2.27. The molecule has 0 radical (unpaired) electrons. The number of furan rings is 1. The Morgan fingerprint density at radius 1 is 1.45 bits per heavy atom. The lowest BCUT2D eigenvalue weighted by molar-refractivity contribution is 0.0517. The highest BCUT2D eigenvalue weighted by Gasteiger charge is 2.29. The standard InChI is InChI=1S/C17H28N2O3/c1-12(14-8-9-21-11-14)19-15-7-5-6-13(15)10-18-16(20)22-17(2,3)4/h8-9,11-13,15,19H,5-7,10H2,1-4H3,(H,18,20). The zero-order valence-electron chi connectivity index (χ0n) is 14.0. The maximum Gasteiger partial charge on any atom is 0.407 e. The van der Waals surface area contributed by atoms with Crippen molar-refractivity contribution >= 4 is 6.09 Å². The van der Waals surface area contributed by atoms with E-state index in [9.17, 15) is 4.79 Å². The van der Waals surface area contributed by atoms with E-state index in [4.69, 9.17) is 9.15 Å². The van der Waals surface area contributed by atoms with Crippen LogP contribution in [0.4, 0.5) is 4.79 Å². The molecule has 1 heterocycles. The van der Waals surface area contributed by atoms with E-state index >= 15 is 0 Å². The normalized spacial score (nSPS) is 23.3. The van der Waals surface area contributed by atoms with Crippen molar-refractivity contribution in [2.45, 2.75) is 64.6 Å². The van der Waals surface area contributed by atoms with E-state index in [0.29, 0.717) is 18.5 Å². The zero-order chi connectivity index (χ0) is 16.2. The molecule has 2 N–H and O–H groups in total. The van der Waals surface area contributed by atoms with Gasteiger partial charge < -0.3 is 19.8 Å². The summed E-state index contributed by atoms with van der Waals surface area (Å²) in [5, 5.41) is 6.55. The Kier molecular flexibility index (Phi) is 5.51. The summed E-state index contributed by atoms with van der Waals surface area (Å²) in [5.41, 5.74) is 0.707. The van der Waals surface area contributed by atoms with Crippen molar-refractivity contribution in [3.05, 3.63) is 24.2 Å². The van der Waals surface area contributed by atoms with Gasteiger partial charge >= 0.3 is 6.09 Å². The number of ether oxygens (including phenoxy) is 1. The molecule has 0 saturated heterocycles. The van der Waals surface area contributed by atoms with Crippen LogP contribution >= 0.6 is 0 Å². The Hall–Kier alpha value is -1.49. The minimum absolute atomic E-state index is 0.255. The van der Waals surface area contributed by atoms with Gasteiger partial charge in [0, 0.05) is 24.2 Å². The molecular weight excluding hydrogens is 280 g/mol. The number of alkyl carbamates (subject to hydrolysis) is 1. The molecule has 22 heavy (non-hydrogen) atoms. The molecule has 2 rings (SSSR count). The number of hydrogen-bond donors (Lipinski definition) is 2. The van der Waals surface area contributed by atoms with E-state index in [1.807, 2.05) is 26.8 Å². The molecule has 1 aromatic heterocycles. The predicted molar refractivity (Wildman–Crippen MR) is 85.6 cm³/mol. The number of amides is 1. The lowest BCUT2D eigenvalue weighted by Gasteiger charge is -2.26. The Morgan fingerprint density at radius 3 is 2.86 bits per heavy atom. The SMILES string of the molecule is CC(NC1CCCC1CNC(=O)OC(C)(C)C)c1ccoc1. The van der Waals surface area contributed by atoms with Crippen LogP contribution in [0.1, 0.15) is 58.6 Å². The van der Waals surface area contributed by atoms with E-state index in [0.717, 1.165) is 18.4 Å². The summed E-state index contributed by atoms with van der Waals surface area (Å²) in [6, 6.07) is 2.66. The highest BCUT2D eigenvalue weighted by atomic mass is 16.6. The maximum atomic E-state index is 11.8. The molecule has 1 aromatic rings. The van der Waals surface area contributed by atoms with Crippen molar-refractivity contribution in [2.24, 2.45) is 5.92 Å². The number of carbonyl (C=O) groups excluding carboxylic acids is 1. The Bertz CT molecular complexity index is 465. The molecular formula is C17H28N2O3. The van der Waals surface area contributed by atoms with E-state index in [-0.39, 0.29) is 12.1 Å². The van der Waals surface area contributed by atoms with Gasteiger partial charge in [-0.1, -0.05) is 6.42 Å². The second-order valence-electron chi connectivity index (χ2n) is 7.13. The van der Waals surface area contributed by atoms with Crippen LogP contribution in [0.3, 0.4) is 0 Å². The van der Waals surface area contributed by atoms with Crippen LogP contribution in [0.25, 0.3) is 0 Å². The second kappa shape index (κ2) is 7.18. The summed E-state index contributed by atoms with van der Waals surface area (Å²) in [4.78, 5) is 11.8. The third-order valence-electron chi connectivity index (χ3n) is 4.07. The maximum absolute atomic E-state index is 11.8.